The number of unbranched alkanes of at least 4 members (excludes halogenated alkanes) is 2. The van der Waals surface area contributed by atoms with Gasteiger partial charge in [-0.05, 0) is 6.42 Å². The van der Waals surface area contributed by atoms with Gasteiger partial charge in [-0.1, -0.05) is 19.8 Å². The van der Waals surface area contributed by atoms with Crippen LogP contribution in [0.4, 0.5) is 4.79 Å². The second kappa shape index (κ2) is 5.41. The second-order valence-electron chi connectivity index (χ2n) is 1.94. The Bertz CT molecular complexity index is 83.1. The van der Waals surface area contributed by atoms with Gasteiger partial charge in [-0.25, -0.2) is 4.79 Å². The van der Waals surface area contributed by atoms with Gasteiger partial charge in [0.25, 0.3) is 0 Å². The second-order valence-corrected chi connectivity index (χ2v) is 1.94. The van der Waals surface area contributed by atoms with Crippen LogP contribution in [0.3, 0.4) is 0 Å². The molecule has 9 heavy (non-hydrogen) atoms. The Hall–Kier alpha value is -0.730. The molecule has 0 saturated heterocycles. The summed E-state index contributed by atoms with van der Waals surface area (Å²) in [6.45, 7) is 2.67. The first kappa shape index (κ1) is 8.27. The van der Waals surface area contributed by atoms with E-state index >= 15 is 0 Å². The van der Waals surface area contributed by atoms with E-state index in [0.717, 1.165) is 19.3 Å². The van der Waals surface area contributed by atoms with Crippen LogP contribution in [-0.4, -0.2) is 17.7 Å². The van der Waals surface area contributed by atoms with Crippen molar-refractivity contribution in [3.05, 3.63) is 0 Å². The zero-order valence-electron chi connectivity index (χ0n) is 5.68. The minimum absolute atomic E-state index is 0.586. The number of hydrogen-bond donors (Lipinski definition) is 2. The highest BCUT2D eigenvalue weighted by Gasteiger charge is 1.90. The molecule has 1 amide bonds. The van der Waals surface area contributed by atoms with Crippen LogP contribution in [0.15, 0.2) is 0 Å². The smallest absolute Gasteiger partial charge is 0.404 e. The summed E-state index contributed by atoms with van der Waals surface area (Å²) in [5, 5.41) is 10.4. The molecule has 0 radical (unpaired) electrons. The van der Waals surface area contributed by atoms with E-state index in [4.69, 9.17) is 5.11 Å². The molecule has 54 valence electrons. The van der Waals surface area contributed by atoms with E-state index in [1.54, 1.807) is 0 Å². The van der Waals surface area contributed by atoms with Crippen LogP contribution >= 0.6 is 0 Å². The molecule has 0 aromatic rings. The van der Waals surface area contributed by atoms with E-state index in [1.807, 2.05) is 0 Å². The van der Waals surface area contributed by atoms with Crippen LogP contribution in [0.1, 0.15) is 26.2 Å². The Balaban J connectivity index is 2.83. The summed E-state index contributed by atoms with van der Waals surface area (Å²) in [4.78, 5) is 9.85. The maximum Gasteiger partial charge on any atom is 0.404 e. The number of carboxylic acid groups (broad SMARTS) is 1. The minimum atomic E-state index is -0.925. The topological polar surface area (TPSA) is 49.3 Å². The van der Waals surface area contributed by atoms with Crippen molar-refractivity contribution in [2.45, 2.75) is 26.2 Å². The van der Waals surface area contributed by atoms with Crippen molar-refractivity contribution in [1.82, 2.24) is 5.32 Å². The van der Waals surface area contributed by atoms with Gasteiger partial charge < -0.3 is 10.4 Å². The monoisotopic (exact) mass is 131 g/mol. The van der Waals surface area contributed by atoms with Crippen molar-refractivity contribution < 1.29 is 9.90 Å². The molecule has 0 aliphatic heterocycles. The third kappa shape index (κ3) is 7.27. The SMILES string of the molecule is CCCCCNC(=O)O. The van der Waals surface area contributed by atoms with Crippen LogP contribution < -0.4 is 5.32 Å². The van der Waals surface area contributed by atoms with Gasteiger partial charge in [-0.3, -0.25) is 0 Å². The quantitative estimate of drug-likeness (QED) is 0.567. The van der Waals surface area contributed by atoms with E-state index in [-0.39, 0.29) is 0 Å². The van der Waals surface area contributed by atoms with Crippen molar-refractivity contribution >= 4 is 6.09 Å². The molecule has 0 bridgehead atoms. The molecule has 0 aromatic heterocycles. The van der Waals surface area contributed by atoms with E-state index < -0.39 is 6.09 Å². The zero-order chi connectivity index (χ0) is 7.11. The number of hydrogen-bond acceptors (Lipinski definition) is 1. The average molecular weight is 131 g/mol. The standard InChI is InChI=1S/C6H13NO2/c1-2-3-4-5-7-6(8)9/h7H,2-5H2,1H3,(H,8,9). The Morgan fingerprint density at radius 3 is 2.67 bits per heavy atom. The maximum atomic E-state index is 9.85. The lowest BCUT2D eigenvalue weighted by Crippen LogP contribution is -2.21. The number of carbonyl (C=O) groups is 1. The van der Waals surface area contributed by atoms with Gasteiger partial charge in [0.1, 0.15) is 0 Å². The Morgan fingerprint density at radius 1 is 1.56 bits per heavy atom. The van der Waals surface area contributed by atoms with E-state index in [9.17, 15) is 4.79 Å². The highest BCUT2D eigenvalue weighted by molar-refractivity contribution is 5.64. The number of rotatable bonds is 4. The van der Waals surface area contributed by atoms with Crippen molar-refractivity contribution in [3.63, 3.8) is 0 Å². The van der Waals surface area contributed by atoms with Gasteiger partial charge in [0.15, 0.2) is 0 Å². The molecular formula is C6H13NO2. The maximum absolute atomic E-state index is 9.85. The first-order valence-corrected chi connectivity index (χ1v) is 3.24. The molecule has 0 atom stereocenters. The summed E-state index contributed by atoms with van der Waals surface area (Å²) < 4.78 is 0. The first-order chi connectivity index (χ1) is 4.27. The lowest BCUT2D eigenvalue weighted by Gasteiger charge is -1.96. The van der Waals surface area contributed by atoms with E-state index in [1.165, 1.54) is 0 Å². The van der Waals surface area contributed by atoms with Crippen molar-refractivity contribution in [2.75, 3.05) is 6.54 Å². The first-order valence-electron chi connectivity index (χ1n) is 3.24. The van der Waals surface area contributed by atoms with Gasteiger partial charge >= 0.3 is 6.09 Å². The van der Waals surface area contributed by atoms with Gasteiger partial charge in [0, 0.05) is 6.54 Å². The van der Waals surface area contributed by atoms with E-state index in [0.29, 0.717) is 6.54 Å². The van der Waals surface area contributed by atoms with E-state index in [2.05, 4.69) is 12.2 Å². The highest BCUT2D eigenvalue weighted by atomic mass is 16.4. The van der Waals surface area contributed by atoms with Crippen molar-refractivity contribution in [3.8, 4) is 0 Å². The molecule has 0 aliphatic rings. The summed E-state index contributed by atoms with van der Waals surface area (Å²) in [5.41, 5.74) is 0. The molecule has 3 nitrogen and oxygen atoms in total. The third-order valence-electron chi connectivity index (χ3n) is 1.06. The molecule has 0 fully saturated rings. The fraction of sp³-hybridized carbons (Fsp3) is 0.833. The van der Waals surface area contributed by atoms with Crippen molar-refractivity contribution in [1.29, 1.82) is 0 Å². The van der Waals surface area contributed by atoms with Gasteiger partial charge in [0.05, 0.1) is 0 Å². The molecule has 2 N–H and O–H groups in total. The van der Waals surface area contributed by atoms with Crippen LogP contribution in [0.25, 0.3) is 0 Å². The Morgan fingerprint density at radius 2 is 2.22 bits per heavy atom. The third-order valence-corrected chi connectivity index (χ3v) is 1.06. The normalized spacial score (nSPS) is 9.00. The molecule has 0 aliphatic carbocycles. The largest absolute Gasteiger partial charge is 0.465 e. The highest BCUT2D eigenvalue weighted by Crippen LogP contribution is 1.90. The Kier molecular flexibility index (Phi) is 4.97. The fourth-order valence-electron chi connectivity index (χ4n) is 0.570. The summed E-state index contributed by atoms with van der Waals surface area (Å²) in [7, 11) is 0. The zero-order valence-corrected chi connectivity index (χ0v) is 5.68. The molecule has 0 aromatic carbocycles. The summed E-state index contributed by atoms with van der Waals surface area (Å²) in [6.07, 6.45) is 2.25. The van der Waals surface area contributed by atoms with Crippen LogP contribution in [0.5, 0.6) is 0 Å². The van der Waals surface area contributed by atoms with Gasteiger partial charge in [-0.15, -0.1) is 0 Å². The molecule has 0 unspecified atom stereocenters. The molecule has 0 rings (SSSR count). The molecule has 0 saturated carbocycles. The lowest BCUT2D eigenvalue weighted by molar-refractivity contribution is 0.194. The van der Waals surface area contributed by atoms with Crippen LogP contribution in [-0.2, 0) is 0 Å². The number of nitrogens with one attached hydrogen (secondary N) is 1. The number of amides is 1. The summed E-state index contributed by atoms with van der Waals surface area (Å²) in [6, 6.07) is 0. The molecule has 0 spiro atoms. The predicted octanol–water partition coefficient (Wildman–Crippen LogP) is 1.44. The molecular weight excluding hydrogens is 118 g/mol. The van der Waals surface area contributed by atoms with Gasteiger partial charge in [0.2, 0.25) is 0 Å². The average Bonchev–Trinajstić information content (AvgIpc) is 1.80. The van der Waals surface area contributed by atoms with Crippen molar-refractivity contribution in [2.24, 2.45) is 0 Å². The van der Waals surface area contributed by atoms with Crippen LogP contribution in [0.2, 0.25) is 0 Å². The summed E-state index contributed by atoms with van der Waals surface area (Å²) in [5.74, 6) is 0. The van der Waals surface area contributed by atoms with Crippen LogP contribution in [0, 0.1) is 0 Å². The minimum Gasteiger partial charge on any atom is -0.465 e. The molecule has 3 heteroatoms. The lowest BCUT2D eigenvalue weighted by atomic mass is 10.2. The summed E-state index contributed by atoms with van der Waals surface area (Å²) >= 11 is 0. The van der Waals surface area contributed by atoms with Gasteiger partial charge in [-0.2, -0.15) is 0 Å². The predicted molar refractivity (Wildman–Crippen MR) is 35.6 cm³/mol. The fourth-order valence-corrected chi connectivity index (χ4v) is 0.570. The Labute approximate surface area is 55.1 Å². The molecule has 0 heterocycles.